The number of rotatable bonds is 22. The van der Waals surface area contributed by atoms with E-state index in [0.29, 0.717) is 6.61 Å². The number of ether oxygens (including phenoxy) is 1. The van der Waals surface area contributed by atoms with Crippen LogP contribution in [-0.2, 0) is 9.53 Å². The van der Waals surface area contributed by atoms with E-state index >= 15 is 0 Å². The number of hydrogen-bond donors (Lipinski definition) is 1. The standard InChI is InChI=1S/C26H52O3/c1-4-7-9-16-20-24(26(28)29-6-3)21-17-14-12-11-13-15-19-23-25(27)22-18-10-8-5-2/h24-25,27H,4-23H2,1-3H3. The second-order valence-electron chi connectivity index (χ2n) is 8.85. The molecule has 0 aromatic rings. The molecule has 0 saturated carbocycles. The molecule has 0 fully saturated rings. The van der Waals surface area contributed by atoms with Crippen molar-refractivity contribution in [1.82, 2.24) is 0 Å². The van der Waals surface area contributed by atoms with Gasteiger partial charge in [-0.2, -0.15) is 0 Å². The third-order valence-electron chi connectivity index (χ3n) is 6.01. The van der Waals surface area contributed by atoms with Crippen LogP contribution in [0.1, 0.15) is 143 Å². The molecule has 0 rings (SSSR count). The van der Waals surface area contributed by atoms with Crippen molar-refractivity contribution in [3.63, 3.8) is 0 Å². The third kappa shape index (κ3) is 19.2. The lowest BCUT2D eigenvalue weighted by Gasteiger charge is -2.15. The summed E-state index contributed by atoms with van der Waals surface area (Å²) in [5.74, 6) is 0.142. The fourth-order valence-corrected chi connectivity index (χ4v) is 4.06. The number of carbonyl (C=O) groups is 1. The summed E-state index contributed by atoms with van der Waals surface area (Å²) >= 11 is 0. The number of esters is 1. The van der Waals surface area contributed by atoms with Gasteiger partial charge in [-0.15, -0.1) is 0 Å². The number of aliphatic hydroxyl groups is 1. The molecular formula is C26H52O3. The molecule has 0 spiro atoms. The summed E-state index contributed by atoms with van der Waals surface area (Å²) in [7, 11) is 0. The van der Waals surface area contributed by atoms with Crippen LogP contribution in [0.2, 0.25) is 0 Å². The van der Waals surface area contributed by atoms with Gasteiger partial charge in [0.15, 0.2) is 0 Å². The van der Waals surface area contributed by atoms with Crippen molar-refractivity contribution in [2.45, 2.75) is 149 Å². The second kappa shape index (κ2) is 22.1. The van der Waals surface area contributed by atoms with Gasteiger partial charge in [0.2, 0.25) is 0 Å². The van der Waals surface area contributed by atoms with Gasteiger partial charge in [0.25, 0.3) is 0 Å². The monoisotopic (exact) mass is 412 g/mol. The molecule has 0 radical (unpaired) electrons. The smallest absolute Gasteiger partial charge is 0.308 e. The predicted molar refractivity (Wildman–Crippen MR) is 125 cm³/mol. The maximum atomic E-state index is 12.2. The average Bonchev–Trinajstić information content (AvgIpc) is 2.71. The summed E-state index contributed by atoms with van der Waals surface area (Å²) in [6.45, 7) is 6.85. The minimum atomic E-state index is -0.0796. The topological polar surface area (TPSA) is 46.5 Å². The Morgan fingerprint density at radius 1 is 0.621 bits per heavy atom. The van der Waals surface area contributed by atoms with Gasteiger partial charge in [-0.3, -0.25) is 4.79 Å². The van der Waals surface area contributed by atoms with Crippen molar-refractivity contribution >= 4 is 5.97 Å². The second-order valence-corrected chi connectivity index (χ2v) is 8.85. The average molecular weight is 413 g/mol. The van der Waals surface area contributed by atoms with E-state index in [1.807, 2.05) is 6.92 Å². The van der Waals surface area contributed by atoms with Crippen LogP contribution in [0.5, 0.6) is 0 Å². The number of unbranched alkanes of at least 4 members (excludes halogenated alkanes) is 12. The molecule has 0 heterocycles. The van der Waals surface area contributed by atoms with Crippen LogP contribution in [0.4, 0.5) is 0 Å². The lowest BCUT2D eigenvalue weighted by atomic mass is 9.94. The Morgan fingerprint density at radius 2 is 1.00 bits per heavy atom. The van der Waals surface area contributed by atoms with Gasteiger partial charge in [0.1, 0.15) is 0 Å². The normalized spacial score (nSPS) is 13.4. The molecule has 3 nitrogen and oxygen atoms in total. The van der Waals surface area contributed by atoms with Gasteiger partial charge in [0, 0.05) is 0 Å². The Labute approximate surface area is 182 Å². The van der Waals surface area contributed by atoms with Crippen molar-refractivity contribution in [2.75, 3.05) is 6.61 Å². The summed E-state index contributed by atoms with van der Waals surface area (Å²) in [6, 6.07) is 0. The van der Waals surface area contributed by atoms with E-state index in [0.717, 1.165) is 44.9 Å². The minimum Gasteiger partial charge on any atom is -0.466 e. The maximum absolute atomic E-state index is 12.2. The van der Waals surface area contributed by atoms with E-state index in [4.69, 9.17) is 4.74 Å². The van der Waals surface area contributed by atoms with Gasteiger partial charge in [-0.25, -0.2) is 0 Å². The molecule has 174 valence electrons. The van der Waals surface area contributed by atoms with E-state index in [-0.39, 0.29) is 18.0 Å². The first-order valence-electron chi connectivity index (χ1n) is 13.0. The summed E-state index contributed by atoms with van der Waals surface area (Å²) in [5.41, 5.74) is 0. The first-order valence-corrected chi connectivity index (χ1v) is 13.0. The van der Waals surface area contributed by atoms with Gasteiger partial charge in [0.05, 0.1) is 18.6 Å². The molecule has 1 N–H and O–H groups in total. The highest BCUT2D eigenvalue weighted by molar-refractivity contribution is 5.72. The predicted octanol–water partition coefficient (Wildman–Crippen LogP) is 7.98. The number of aliphatic hydroxyl groups excluding tert-OH is 1. The van der Waals surface area contributed by atoms with Crippen LogP contribution in [-0.4, -0.2) is 23.8 Å². The molecule has 0 bridgehead atoms. The van der Waals surface area contributed by atoms with Crippen molar-refractivity contribution in [3.8, 4) is 0 Å². The molecule has 3 heteroatoms. The molecule has 0 aliphatic carbocycles. The molecule has 0 aromatic carbocycles. The van der Waals surface area contributed by atoms with Gasteiger partial charge < -0.3 is 9.84 Å². The summed E-state index contributed by atoms with van der Waals surface area (Å²) in [5, 5.41) is 10.0. The van der Waals surface area contributed by atoms with Crippen molar-refractivity contribution < 1.29 is 14.6 Å². The van der Waals surface area contributed by atoms with Gasteiger partial charge in [-0.05, 0) is 32.6 Å². The number of hydrogen-bond acceptors (Lipinski definition) is 3. The van der Waals surface area contributed by atoms with Crippen LogP contribution in [0.15, 0.2) is 0 Å². The SMILES string of the molecule is CCCCCCC(O)CCCCCCCCCC(CCCCCC)C(=O)OCC. The molecule has 0 aromatic heterocycles. The summed E-state index contributed by atoms with van der Waals surface area (Å²) in [4.78, 5) is 12.2. The van der Waals surface area contributed by atoms with E-state index in [1.165, 1.54) is 77.0 Å². The van der Waals surface area contributed by atoms with Crippen LogP contribution < -0.4 is 0 Å². The third-order valence-corrected chi connectivity index (χ3v) is 6.01. The molecule has 29 heavy (non-hydrogen) atoms. The van der Waals surface area contributed by atoms with Crippen LogP contribution >= 0.6 is 0 Å². The zero-order valence-corrected chi connectivity index (χ0v) is 20.1. The molecule has 0 aliphatic heterocycles. The minimum absolute atomic E-state index is 0.0252. The van der Waals surface area contributed by atoms with E-state index in [9.17, 15) is 9.90 Å². The largest absolute Gasteiger partial charge is 0.466 e. The molecule has 0 aliphatic rings. The lowest BCUT2D eigenvalue weighted by Crippen LogP contribution is -2.18. The van der Waals surface area contributed by atoms with Crippen molar-refractivity contribution in [3.05, 3.63) is 0 Å². The van der Waals surface area contributed by atoms with Crippen molar-refractivity contribution in [1.29, 1.82) is 0 Å². The zero-order chi connectivity index (χ0) is 21.6. The highest BCUT2D eigenvalue weighted by atomic mass is 16.5. The van der Waals surface area contributed by atoms with E-state index in [2.05, 4.69) is 13.8 Å². The molecule has 2 unspecified atom stereocenters. The van der Waals surface area contributed by atoms with Gasteiger partial charge >= 0.3 is 5.97 Å². The van der Waals surface area contributed by atoms with Crippen LogP contribution in [0.3, 0.4) is 0 Å². The van der Waals surface area contributed by atoms with Crippen molar-refractivity contribution in [2.24, 2.45) is 5.92 Å². The Balaban J connectivity index is 3.64. The Kier molecular flexibility index (Phi) is 21.7. The first kappa shape index (κ1) is 28.4. The molecule has 0 amide bonds. The van der Waals surface area contributed by atoms with Crippen LogP contribution in [0, 0.1) is 5.92 Å². The summed E-state index contributed by atoms with van der Waals surface area (Å²) in [6.07, 6.45) is 22.4. The highest BCUT2D eigenvalue weighted by Crippen LogP contribution is 2.20. The molecule has 0 saturated heterocycles. The van der Waals surface area contributed by atoms with E-state index < -0.39 is 0 Å². The zero-order valence-electron chi connectivity index (χ0n) is 20.1. The Bertz CT molecular complexity index is 343. The van der Waals surface area contributed by atoms with E-state index in [1.54, 1.807) is 0 Å². The molecule has 2 atom stereocenters. The fourth-order valence-electron chi connectivity index (χ4n) is 4.06. The first-order chi connectivity index (χ1) is 14.2. The molecular weight excluding hydrogens is 360 g/mol. The quantitative estimate of drug-likeness (QED) is 0.145. The van der Waals surface area contributed by atoms with Gasteiger partial charge in [-0.1, -0.05) is 110 Å². The van der Waals surface area contributed by atoms with Crippen LogP contribution in [0.25, 0.3) is 0 Å². The Morgan fingerprint density at radius 3 is 1.41 bits per heavy atom. The Hall–Kier alpha value is -0.570. The maximum Gasteiger partial charge on any atom is 0.308 e. The highest BCUT2D eigenvalue weighted by Gasteiger charge is 2.18. The lowest BCUT2D eigenvalue weighted by molar-refractivity contribution is -0.148. The number of carbonyl (C=O) groups excluding carboxylic acids is 1. The fraction of sp³-hybridized carbons (Fsp3) is 0.962. The summed E-state index contributed by atoms with van der Waals surface area (Å²) < 4.78 is 5.28.